The van der Waals surface area contributed by atoms with Crippen LogP contribution in [0, 0.1) is 0 Å². The number of hydrogen-bond donors (Lipinski definition) is 0. The van der Waals surface area contributed by atoms with Gasteiger partial charge in [0.2, 0.25) is 0 Å². The molecule has 3 heterocycles. The Morgan fingerprint density at radius 2 is 0.891 bits per heavy atom. The van der Waals surface area contributed by atoms with Crippen LogP contribution in [0.15, 0.2) is 152 Å². The topological polar surface area (TPSA) is 3.24 Å². The van der Waals surface area contributed by atoms with Gasteiger partial charge >= 0.3 is 0 Å². The van der Waals surface area contributed by atoms with Gasteiger partial charge in [0.1, 0.15) is 0 Å². The minimum absolute atomic E-state index is 1.15. The fourth-order valence-electron chi connectivity index (χ4n) is 7.04. The molecular formula is C42H25NS3. The molecule has 0 fully saturated rings. The van der Waals surface area contributed by atoms with E-state index in [0.29, 0.717) is 0 Å². The van der Waals surface area contributed by atoms with Crippen LogP contribution >= 0.6 is 34.0 Å². The first-order valence-corrected chi connectivity index (χ1v) is 17.9. The van der Waals surface area contributed by atoms with E-state index in [9.17, 15) is 0 Å². The van der Waals surface area contributed by atoms with E-state index in [-0.39, 0.29) is 0 Å². The van der Waals surface area contributed by atoms with E-state index < -0.39 is 0 Å². The summed E-state index contributed by atoms with van der Waals surface area (Å²) in [6, 6.07) is 55.7. The summed E-state index contributed by atoms with van der Waals surface area (Å²) in [6.45, 7) is 0. The molecule has 1 nitrogen and oxygen atoms in total. The Balaban J connectivity index is 1.31. The van der Waals surface area contributed by atoms with Crippen molar-refractivity contribution in [2.45, 2.75) is 0 Å². The van der Waals surface area contributed by atoms with Gasteiger partial charge in [-0.1, -0.05) is 97.1 Å². The molecule has 0 radical (unpaired) electrons. The molecule has 7 aromatic carbocycles. The van der Waals surface area contributed by atoms with Gasteiger partial charge in [0.15, 0.2) is 0 Å². The molecular weight excluding hydrogens is 615 g/mol. The largest absolute Gasteiger partial charge is 0.309 e. The summed E-state index contributed by atoms with van der Waals surface area (Å²) in [5.74, 6) is 0. The molecule has 3 aromatic heterocycles. The summed E-state index contributed by atoms with van der Waals surface area (Å²) in [5, 5.41) is 7.97. The summed E-state index contributed by atoms with van der Waals surface area (Å²) >= 11 is 5.69. The first-order chi connectivity index (χ1) is 22.8. The van der Waals surface area contributed by atoms with E-state index in [1.165, 1.54) is 83.0 Å². The van der Waals surface area contributed by atoms with E-state index in [1.807, 2.05) is 34.0 Å². The van der Waals surface area contributed by atoms with Gasteiger partial charge in [-0.3, -0.25) is 0 Å². The standard InChI is InChI=1S/C42H25NS3/c1-2-10-26(11-3-1)27-20-22-28(23-21-27)43(32-14-8-18-36-39(32)31-13-5-7-17-35(31)44-36)33-15-9-19-37-40(33)41-38(45-37)25-24-30-29-12-4-6-16-34(29)46-42(30)41/h1-25H. The van der Waals surface area contributed by atoms with E-state index in [0.717, 1.165) is 5.69 Å². The molecule has 0 N–H and O–H groups in total. The predicted octanol–water partition coefficient (Wildman–Crippen LogP) is 13.9. The molecule has 0 bridgehead atoms. The molecule has 0 aliphatic rings. The van der Waals surface area contributed by atoms with Crippen LogP contribution in [0.3, 0.4) is 0 Å². The van der Waals surface area contributed by atoms with Crippen molar-refractivity contribution in [3.63, 3.8) is 0 Å². The molecule has 0 spiro atoms. The maximum atomic E-state index is 2.51. The molecule has 0 unspecified atom stereocenters. The van der Waals surface area contributed by atoms with Gasteiger partial charge in [0.25, 0.3) is 0 Å². The van der Waals surface area contributed by atoms with Crippen LogP contribution in [-0.4, -0.2) is 0 Å². The Kier molecular flexibility index (Phi) is 5.85. The van der Waals surface area contributed by atoms with Gasteiger partial charge < -0.3 is 4.90 Å². The van der Waals surface area contributed by atoms with Gasteiger partial charge in [-0.2, -0.15) is 0 Å². The lowest BCUT2D eigenvalue weighted by atomic mass is 10.0. The van der Waals surface area contributed by atoms with Crippen molar-refractivity contribution in [3.05, 3.63) is 152 Å². The van der Waals surface area contributed by atoms with E-state index in [2.05, 4.69) is 157 Å². The molecule has 0 amide bonds. The van der Waals surface area contributed by atoms with E-state index in [4.69, 9.17) is 0 Å². The maximum absolute atomic E-state index is 2.51. The van der Waals surface area contributed by atoms with Gasteiger partial charge in [-0.25, -0.2) is 0 Å². The van der Waals surface area contributed by atoms with Crippen LogP contribution in [0.25, 0.3) is 71.6 Å². The number of benzene rings is 7. The van der Waals surface area contributed by atoms with E-state index >= 15 is 0 Å². The highest BCUT2D eigenvalue weighted by Gasteiger charge is 2.23. The lowest BCUT2D eigenvalue weighted by molar-refractivity contribution is 1.32. The van der Waals surface area contributed by atoms with Crippen molar-refractivity contribution in [3.8, 4) is 11.1 Å². The first-order valence-electron chi connectivity index (χ1n) is 15.4. The normalized spacial score (nSPS) is 11.9. The third-order valence-corrected chi connectivity index (χ3v) is 12.5. The Morgan fingerprint density at radius 3 is 1.67 bits per heavy atom. The molecule has 0 aliphatic carbocycles. The summed E-state index contributed by atoms with van der Waals surface area (Å²) in [6.07, 6.45) is 0. The second kappa shape index (κ2) is 10.3. The highest BCUT2D eigenvalue weighted by Crippen LogP contribution is 2.51. The minimum Gasteiger partial charge on any atom is -0.309 e. The lowest BCUT2D eigenvalue weighted by Gasteiger charge is -2.27. The maximum Gasteiger partial charge on any atom is 0.0555 e. The van der Waals surface area contributed by atoms with Crippen LogP contribution in [0.4, 0.5) is 17.1 Å². The van der Waals surface area contributed by atoms with Crippen molar-refractivity contribution >= 4 is 112 Å². The van der Waals surface area contributed by atoms with Crippen LogP contribution in [0.2, 0.25) is 0 Å². The van der Waals surface area contributed by atoms with Crippen LogP contribution < -0.4 is 4.90 Å². The zero-order chi connectivity index (χ0) is 30.2. The zero-order valence-corrected chi connectivity index (χ0v) is 27.1. The lowest BCUT2D eigenvalue weighted by Crippen LogP contribution is -2.10. The first kappa shape index (κ1) is 26.2. The van der Waals surface area contributed by atoms with Crippen molar-refractivity contribution in [2.75, 3.05) is 4.90 Å². The second-order valence-corrected chi connectivity index (χ2v) is 14.9. The van der Waals surface area contributed by atoms with E-state index in [1.54, 1.807) is 0 Å². The van der Waals surface area contributed by atoms with Crippen molar-refractivity contribution in [2.24, 2.45) is 0 Å². The quantitative estimate of drug-likeness (QED) is 0.185. The van der Waals surface area contributed by atoms with Crippen LogP contribution in [-0.2, 0) is 0 Å². The summed E-state index contributed by atoms with van der Waals surface area (Å²) < 4.78 is 7.97. The molecule has 4 heteroatoms. The average molecular weight is 640 g/mol. The summed E-state index contributed by atoms with van der Waals surface area (Å²) in [5.41, 5.74) is 6.01. The number of thiophene rings is 3. The van der Waals surface area contributed by atoms with Crippen LogP contribution in [0.5, 0.6) is 0 Å². The Labute approximate surface area is 277 Å². The van der Waals surface area contributed by atoms with Crippen LogP contribution in [0.1, 0.15) is 0 Å². The fraction of sp³-hybridized carbons (Fsp3) is 0. The molecule has 10 rings (SSSR count). The highest BCUT2D eigenvalue weighted by atomic mass is 32.1. The number of anilines is 3. The average Bonchev–Trinajstić information content (AvgIpc) is 3.81. The van der Waals surface area contributed by atoms with Gasteiger partial charge in [0, 0.05) is 66.2 Å². The third-order valence-electron chi connectivity index (χ3n) is 9.08. The smallest absolute Gasteiger partial charge is 0.0555 e. The predicted molar refractivity (Wildman–Crippen MR) is 205 cm³/mol. The SMILES string of the molecule is c1ccc(-c2ccc(N(c3cccc4sc5ccccc5c34)c3cccc4sc5ccc6c7ccccc7sc6c5c34)cc2)cc1. The molecule has 0 atom stereocenters. The second-order valence-electron chi connectivity index (χ2n) is 11.7. The van der Waals surface area contributed by atoms with Gasteiger partial charge in [-0.05, 0) is 65.7 Å². The summed E-state index contributed by atoms with van der Waals surface area (Å²) in [4.78, 5) is 2.51. The molecule has 216 valence electrons. The molecule has 10 aromatic rings. The Bertz CT molecular complexity index is 2750. The minimum atomic E-state index is 1.15. The number of rotatable bonds is 4. The molecule has 0 aliphatic heterocycles. The van der Waals surface area contributed by atoms with Crippen molar-refractivity contribution < 1.29 is 0 Å². The fourth-order valence-corrected chi connectivity index (χ4v) is 10.6. The third kappa shape index (κ3) is 3.91. The molecule has 0 saturated carbocycles. The number of fused-ring (bicyclic) bond motifs is 10. The van der Waals surface area contributed by atoms with Crippen molar-refractivity contribution in [1.82, 2.24) is 0 Å². The Hall–Kier alpha value is -5.00. The highest BCUT2D eigenvalue weighted by molar-refractivity contribution is 7.30. The number of hydrogen-bond acceptors (Lipinski definition) is 4. The molecule has 0 saturated heterocycles. The van der Waals surface area contributed by atoms with Crippen molar-refractivity contribution in [1.29, 1.82) is 0 Å². The summed E-state index contributed by atoms with van der Waals surface area (Å²) in [7, 11) is 0. The Morgan fingerprint density at radius 1 is 0.326 bits per heavy atom. The monoisotopic (exact) mass is 639 g/mol. The molecule has 46 heavy (non-hydrogen) atoms. The van der Waals surface area contributed by atoms with Gasteiger partial charge in [0.05, 0.1) is 11.4 Å². The zero-order valence-electron chi connectivity index (χ0n) is 24.6. The number of nitrogens with zero attached hydrogens (tertiary/aromatic N) is 1. The van der Waals surface area contributed by atoms with Gasteiger partial charge in [-0.15, -0.1) is 34.0 Å².